The molecule has 1 unspecified atom stereocenters. The maximum Gasteiger partial charge on any atom is 0.333 e. The zero-order valence-electron chi connectivity index (χ0n) is 9.95. The number of rotatable bonds is 7. The van der Waals surface area contributed by atoms with E-state index in [1.165, 1.54) is 0 Å². The Kier molecular flexibility index (Phi) is 7.05. The molecule has 0 aliphatic carbocycles. The summed E-state index contributed by atoms with van der Waals surface area (Å²) in [6.07, 6.45) is 2.18. The van der Waals surface area contributed by atoms with Gasteiger partial charge in [-0.2, -0.15) is 0 Å². The van der Waals surface area contributed by atoms with Gasteiger partial charge in [0.1, 0.15) is 6.61 Å². The van der Waals surface area contributed by atoms with E-state index in [9.17, 15) is 9.90 Å². The Bertz CT molecular complexity index is 209. The molecule has 0 saturated heterocycles. The van der Waals surface area contributed by atoms with Gasteiger partial charge in [-0.15, -0.1) is 0 Å². The van der Waals surface area contributed by atoms with E-state index < -0.39 is 12.1 Å². The molecular formula is C12H22O3. The maximum absolute atomic E-state index is 11.0. The Hall–Kier alpha value is -0.830. The lowest BCUT2D eigenvalue weighted by molar-refractivity contribution is -0.142. The Balaban J connectivity index is 3.53. The summed E-state index contributed by atoms with van der Waals surface area (Å²) in [6.45, 7) is 9.42. The number of ether oxygens (including phenoxy) is 1. The molecule has 1 N–H and O–H groups in total. The molecule has 3 nitrogen and oxygen atoms in total. The molecule has 0 amide bonds. The van der Waals surface area contributed by atoms with Crippen molar-refractivity contribution in [3.63, 3.8) is 0 Å². The summed E-state index contributed by atoms with van der Waals surface area (Å²) >= 11 is 0. The molecule has 0 fully saturated rings. The van der Waals surface area contributed by atoms with Gasteiger partial charge in [0.15, 0.2) is 0 Å². The average Bonchev–Trinajstić information content (AvgIpc) is 2.13. The first-order chi connectivity index (χ1) is 6.93. The monoisotopic (exact) mass is 214 g/mol. The third-order valence-electron chi connectivity index (χ3n) is 2.07. The third-order valence-corrected chi connectivity index (χ3v) is 2.07. The van der Waals surface area contributed by atoms with Crippen LogP contribution >= 0.6 is 0 Å². The van der Waals surface area contributed by atoms with Crippen LogP contribution in [0.15, 0.2) is 12.2 Å². The van der Waals surface area contributed by atoms with Crippen LogP contribution in [0, 0.1) is 5.92 Å². The second-order valence-electron chi connectivity index (χ2n) is 4.36. The highest BCUT2D eigenvalue weighted by Gasteiger charge is 2.09. The highest BCUT2D eigenvalue weighted by atomic mass is 16.5. The van der Waals surface area contributed by atoms with Crippen molar-refractivity contribution in [1.82, 2.24) is 0 Å². The van der Waals surface area contributed by atoms with Crippen LogP contribution in [0.25, 0.3) is 0 Å². The lowest BCUT2D eigenvalue weighted by atomic mass is 10.0. The van der Waals surface area contributed by atoms with Crippen LogP contribution < -0.4 is 0 Å². The molecule has 1 atom stereocenters. The zero-order chi connectivity index (χ0) is 11.8. The summed E-state index contributed by atoms with van der Waals surface area (Å²) in [7, 11) is 0. The van der Waals surface area contributed by atoms with Crippen molar-refractivity contribution in [2.75, 3.05) is 6.61 Å². The highest BCUT2D eigenvalue weighted by Crippen LogP contribution is 2.08. The number of carbonyl (C=O) groups is 1. The highest BCUT2D eigenvalue weighted by molar-refractivity contribution is 5.86. The minimum atomic E-state index is -0.549. The van der Waals surface area contributed by atoms with Gasteiger partial charge in [0.25, 0.3) is 0 Å². The summed E-state index contributed by atoms with van der Waals surface area (Å²) in [5.74, 6) is 0.216. The minimum Gasteiger partial charge on any atom is -0.460 e. The fourth-order valence-electron chi connectivity index (χ4n) is 1.14. The second kappa shape index (κ2) is 7.46. The molecule has 0 aromatic heterocycles. The normalized spacial score (nSPS) is 12.6. The Morgan fingerprint density at radius 1 is 1.40 bits per heavy atom. The van der Waals surface area contributed by atoms with Crippen LogP contribution in [0.5, 0.6) is 0 Å². The van der Waals surface area contributed by atoms with Crippen molar-refractivity contribution in [1.29, 1.82) is 0 Å². The van der Waals surface area contributed by atoms with Gasteiger partial charge in [-0.25, -0.2) is 4.79 Å². The fourth-order valence-corrected chi connectivity index (χ4v) is 1.14. The summed E-state index contributed by atoms with van der Waals surface area (Å²) in [5, 5.41) is 9.49. The van der Waals surface area contributed by atoms with E-state index in [1.807, 2.05) is 0 Å². The molecular weight excluding hydrogens is 192 g/mol. The number of aliphatic hydroxyl groups excluding tert-OH is 1. The predicted molar refractivity (Wildman–Crippen MR) is 60.5 cm³/mol. The second-order valence-corrected chi connectivity index (χ2v) is 4.36. The quantitative estimate of drug-likeness (QED) is 0.522. The topological polar surface area (TPSA) is 46.5 Å². The molecule has 15 heavy (non-hydrogen) atoms. The largest absolute Gasteiger partial charge is 0.460 e. The van der Waals surface area contributed by atoms with Crippen molar-refractivity contribution in [3.8, 4) is 0 Å². The van der Waals surface area contributed by atoms with Crippen LogP contribution in [0.3, 0.4) is 0 Å². The van der Waals surface area contributed by atoms with E-state index in [4.69, 9.17) is 4.74 Å². The molecule has 0 rings (SSSR count). The summed E-state index contributed by atoms with van der Waals surface area (Å²) < 4.78 is 4.83. The smallest absolute Gasteiger partial charge is 0.333 e. The Labute approximate surface area is 92.1 Å². The molecule has 0 aliphatic rings. The van der Waals surface area contributed by atoms with E-state index in [-0.39, 0.29) is 6.61 Å². The lowest BCUT2D eigenvalue weighted by Gasteiger charge is -2.11. The first kappa shape index (κ1) is 14.2. The molecule has 0 aromatic rings. The predicted octanol–water partition coefficient (Wildman–Crippen LogP) is 2.29. The number of esters is 1. The summed E-state index contributed by atoms with van der Waals surface area (Å²) in [5.41, 5.74) is 0.365. The zero-order valence-corrected chi connectivity index (χ0v) is 9.95. The first-order valence-corrected chi connectivity index (χ1v) is 5.44. The minimum absolute atomic E-state index is 0.0732. The van der Waals surface area contributed by atoms with Gasteiger partial charge in [-0.1, -0.05) is 33.3 Å². The molecule has 0 bridgehead atoms. The van der Waals surface area contributed by atoms with Crippen molar-refractivity contribution in [2.45, 2.75) is 46.1 Å². The Morgan fingerprint density at radius 3 is 2.47 bits per heavy atom. The molecule has 0 radical (unpaired) electrons. The van der Waals surface area contributed by atoms with E-state index in [0.717, 1.165) is 12.8 Å². The lowest BCUT2D eigenvalue weighted by Crippen LogP contribution is -2.18. The van der Waals surface area contributed by atoms with E-state index in [1.54, 1.807) is 6.92 Å². The first-order valence-electron chi connectivity index (χ1n) is 5.44. The van der Waals surface area contributed by atoms with Gasteiger partial charge in [0.05, 0.1) is 6.10 Å². The number of hydrogen-bond acceptors (Lipinski definition) is 3. The molecule has 0 spiro atoms. The van der Waals surface area contributed by atoms with E-state index in [2.05, 4.69) is 20.4 Å². The third kappa shape index (κ3) is 8.18. The van der Waals surface area contributed by atoms with Crippen molar-refractivity contribution >= 4 is 5.97 Å². The van der Waals surface area contributed by atoms with Gasteiger partial charge in [-0.3, -0.25) is 0 Å². The van der Waals surface area contributed by atoms with Gasteiger partial charge >= 0.3 is 5.97 Å². The van der Waals surface area contributed by atoms with Crippen LogP contribution in [-0.2, 0) is 9.53 Å². The molecule has 0 aromatic carbocycles. The summed E-state index contributed by atoms with van der Waals surface area (Å²) in [6, 6.07) is 0. The molecule has 0 saturated carbocycles. The van der Waals surface area contributed by atoms with Crippen molar-refractivity contribution in [3.05, 3.63) is 12.2 Å². The van der Waals surface area contributed by atoms with Crippen molar-refractivity contribution in [2.24, 2.45) is 5.92 Å². The standard InChI is InChI=1S/C12H22O3/c1-9(2)6-5-7-11(13)8-15-12(14)10(3)4/h9,11,13H,3,5-8H2,1-2,4H3. The van der Waals surface area contributed by atoms with Gasteiger partial charge in [0, 0.05) is 5.57 Å². The fraction of sp³-hybridized carbons (Fsp3) is 0.750. The average molecular weight is 214 g/mol. The van der Waals surface area contributed by atoms with Crippen LogP contribution in [0.1, 0.15) is 40.0 Å². The Morgan fingerprint density at radius 2 is 2.00 bits per heavy atom. The van der Waals surface area contributed by atoms with Crippen LogP contribution in [0.2, 0.25) is 0 Å². The van der Waals surface area contributed by atoms with Gasteiger partial charge < -0.3 is 9.84 Å². The van der Waals surface area contributed by atoms with Gasteiger partial charge in [0.2, 0.25) is 0 Å². The number of aliphatic hydroxyl groups is 1. The SMILES string of the molecule is C=C(C)C(=O)OCC(O)CCCC(C)C. The van der Waals surface area contributed by atoms with Crippen LogP contribution in [0.4, 0.5) is 0 Å². The molecule has 88 valence electrons. The van der Waals surface area contributed by atoms with Gasteiger partial charge in [-0.05, 0) is 19.3 Å². The van der Waals surface area contributed by atoms with Crippen LogP contribution in [-0.4, -0.2) is 23.8 Å². The molecule has 3 heteroatoms. The maximum atomic E-state index is 11.0. The molecule has 0 heterocycles. The number of hydrogen-bond donors (Lipinski definition) is 1. The van der Waals surface area contributed by atoms with E-state index >= 15 is 0 Å². The summed E-state index contributed by atoms with van der Waals surface area (Å²) in [4.78, 5) is 11.0. The molecule has 0 aliphatic heterocycles. The van der Waals surface area contributed by atoms with Crippen molar-refractivity contribution < 1.29 is 14.6 Å². The number of carbonyl (C=O) groups excluding carboxylic acids is 1. The van der Waals surface area contributed by atoms with E-state index in [0.29, 0.717) is 17.9 Å².